The lowest BCUT2D eigenvalue weighted by molar-refractivity contribution is 0.616. The lowest BCUT2D eigenvalue weighted by Crippen LogP contribution is -2.24. The van der Waals surface area contributed by atoms with Gasteiger partial charge < -0.3 is 0 Å². The predicted octanol–water partition coefficient (Wildman–Crippen LogP) is 3.06. The Bertz CT molecular complexity index is 993. The molecule has 4 heteroatoms. The molecule has 4 rings (SSSR count). The van der Waals surface area contributed by atoms with Crippen LogP contribution in [-0.2, 0) is 6.42 Å². The summed E-state index contributed by atoms with van der Waals surface area (Å²) in [7, 11) is 0. The summed E-state index contributed by atoms with van der Waals surface area (Å²) in [4.78, 5) is 4.19. The lowest BCUT2D eigenvalue weighted by Gasteiger charge is -2.11. The van der Waals surface area contributed by atoms with E-state index in [2.05, 4.69) is 18.1 Å². The number of fused-ring (bicyclic) bond motifs is 3. The highest BCUT2D eigenvalue weighted by molar-refractivity contribution is 6.34. The van der Waals surface area contributed by atoms with E-state index in [4.69, 9.17) is 11.6 Å². The average Bonchev–Trinajstić information content (AvgIpc) is 3.03. The topological polar surface area (TPSA) is 17.8 Å². The maximum Gasteiger partial charge on any atom is 0.130 e. The van der Waals surface area contributed by atoms with Crippen molar-refractivity contribution in [2.24, 2.45) is 0 Å². The molecule has 1 heterocycles. The summed E-state index contributed by atoms with van der Waals surface area (Å²) < 4.78 is 16.0. The Kier molecular flexibility index (Phi) is 2.75. The third kappa shape index (κ3) is 1.69. The third-order valence-corrected chi connectivity index (χ3v) is 4.44. The van der Waals surface area contributed by atoms with E-state index < -0.39 is 0 Å². The quantitative estimate of drug-likeness (QED) is 0.528. The molecular weight excluding hydrogens is 299 g/mol. The number of benzene rings is 2. The van der Waals surface area contributed by atoms with Gasteiger partial charge >= 0.3 is 0 Å². The van der Waals surface area contributed by atoms with Crippen molar-refractivity contribution in [3.8, 4) is 16.8 Å². The van der Waals surface area contributed by atoms with Crippen LogP contribution in [0.15, 0.2) is 36.5 Å². The predicted molar refractivity (Wildman–Crippen MR) is 87.1 cm³/mol. The second-order valence-electron chi connectivity index (χ2n) is 5.36. The van der Waals surface area contributed by atoms with Gasteiger partial charge in [0.1, 0.15) is 11.3 Å². The molecule has 1 aliphatic rings. The molecule has 0 unspecified atom stereocenters. The van der Waals surface area contributed by atoms with Crippen LogP contribution in [0, 0.1) is 5.82 Å². The summed E-state index contributed by atoms with van der Waals surface area (Å²) in [5.74, 6) is -0.203. The SMILES string of the molecule is C=c1cnc(=C)n1-c1ccc(Cl)c2c1Cc1c(F)cccc1-2. The van der Waals surface area contributed by atoms with Crippen molar-refractivity contribution < 1.29 is 4.39 Å². The van der Waals surface area contributed by atoms with Gasteiger partial charge in [-0.2, -0.15) is 0 Å². The molecule has 0 atom stereocenters. The first-order valence-electron chi connectivity index (χ1n) is 6.89. The maximum absolute atomic E-state index is 14.1. The van der Waals surface area contributed by atoms with E-state index in [-0.39, 0.29) is 5.82 Å². The summed E-state index contributed by atoms with van der Waals surface area (Å²) in [6.45, 7) is 7.92. The fraction of sp³-hybridized carbons (Fsp3) is 0.0556. The van der Waals surface area contributed by atoms with Gasteiger partial charge in [-0.05, 0) is 29.3 Å². The van der Waals surface area contributed by atoms with Gasteiger partial charge in [0.2, 0.25) is 0 Å². The fourth-order valence-corrected chi connectivity index (χ4v) is 3.44. The van der Waals surface area contributed by atoms with Gasteiger partial charge in [0.15, 0.2) is 0 Å². The fourth-order valence-electron chi connectivity index (χ4n) is 3.16. The maximum atomic E-state index is 14.1. The summed E-state index contributed by atoms with van der Waals surface area (Å²) in [5.41, 5.74) is 4.93. The highest BCUT2D eigenvalue weighted by Gasteiger charge is 2.26. The van der Waals surface area contributed by atoms with Crippen molar-refractivity contribution >= 4 is 24.8 Å². The molecular formula is C18H12ClFN2. The molecule has 2 aromatic carbocycles. The first kappa shape index (κ1) is 13.3. The van der Waals surface area contributed by atoms with Crippen LogP contribution in [0.3, 0.4) is 0 Å². The standard InChI is InChI=1S/C18H12ClFN2/c1-10-9-21-11(2)22(10)17-7-6-15(19)18-12-4-3-5-16(20)13(12)8-14(17)18/h3-7,9H,1-2,8H2. The second kappa shape index (κ2) is 4.55. The molecule has 0 amide bonds. The van der Waals surface area contributed by atoms with Crippen LogP contribution < -0.4 is 10.8 Å². The largest absolute Gasteiger partial charge is 0.294 e. The van der Waals surface area contributed by atoms with Crippen LogP contribution in [-0.4, -0.2) is 9.55 Å². The van der Waals surface area contributed by atoms with Crippen molar-refractivity contribution in [1.82, 2.24) is 9.55 Å². The monoisotopic (exact) mass is 310 g/mol. The third-order valence-electron chi connectivity index (χ3n) is 4.13. The number of imidazole rings is 1. The Hall–Kier alpha value is -2.39. The summed E-state index contributed by atoms with van der Waals surface area (Å²) >= 11 is 6.38. The van der Waals surface area contributed by atoms with Gasteiger partial charge in [0.25, 0.3) is 0 Å². The van der Waals surface area contributed by atoms with Crippen molar-refractivity contribution in [2.45, 2.75) is 6.42 Å². The van der Waals surface area contributed by atoms with Crippen LogP contribution in [0.25, 0.3) is 30.0 Å². The normalized spacial score (nSPS) is 12.3. The molecule has 1 aliphatic carbocycles. The molecule has 1 aromatic heterocycles. The Morgan fingerprint density at radius 1 is 1.14 bits per heavy atom. The summed E-state index contributed by atoms with van der Waals surface area (Å²) in [6, 6.07) is 8.84. The second-order valence-corrected chi connectivity index (χ2v) is 5.77. The Morgan fingerprint density at radius 3 is 2.68 bits per heavy atom. The van der Waals surface area contributed by atoms with Crippen molar-refractivity contribution in [2.75, 3.05) is 0 Å². The molecule has 0 spiro atoms. The molecule has 22 heavy (non-hydrogen) atoms. The summed E-state index contributed by atoms with van der Waals surface area (Å²) in [6.07, 6.45) is 2.18. The van der Waals surface area contributed by atoms with Crippen LogP contribution in [0.2, 0.25) is 5.02 Å². The van der Waals surface area contributed by atoms with Gasteiger partial charge in [-0.25, -0.2) is 9.37 Å². The van der Waals surface area contributed by atoms with Gasteiger partial charge in [-0.15, -0.1) is 0 Å². The van der Waals surface area contributed by atoms with Crippen molar-refractivity contribution in [3.63, 3.8) is 0 Å². The molecule has 0 radical (unpaired) electrons. The lowest BCUT2D eigenvalue weighted by atomic mass is 10.0. The Labute approximate surface area is 131 Å². The Balaban J connectivity index is 2.08. The molecule has 2 nitrogen and oxygen atoms in total. The molecule has 0 saturated heterocycles. The molecule has 0 bridgehead atoms. The van der Waals surface area contributed by atoms with E-state index in [1.807, 2.05) is 22.8 Å². The molecule has 108 valence electrons. The van der Waals surface area contributed by atoms with Gasteiger partial charge in [0.05, 0.1) is 17.2 Å². The first-order chi connectivity index (χ1) is 10.6. The van der Waals surface area contributed by atoms with E-state index in [0.29, 0.717) is 22.5 Å². The van der Waals surface area contributed by atoms with Gasteiger partial charge in [-0.3, -0.25) is 4.57 Å². The minimum Gasteiger partial charge on any atom is -0.294 e. The number of hydrogen-bond donors (Lipinski definition) is 0. The zero-order chi connectivity index (χ0) is 15.4. The molecule has 0 aliphatic heterocycles. The van der Waals surface area contributed by atoms with Crippen molar-refractivity contribution in [1.29, 1.82) is 0 Å². The van der Waals surface area contributed by atoms with E-state index in [9.17, 15) is 4.39 Å². The van der Waals surface area contributed by atoms with Crippen LogP contribution in [0.5, 0.6) is 0 Å². The van der Waals surface area contributed by atoms with Crippen molar-refractivity contribution in [3.05, 3.63) is 69.3 Å². The number of nitrogens with zero attached hydrogens (tertiary/aromatic N) is 2. The molecule has 3 aromatic rings. The summed E-state index contributed by atoms with van der Waals surface area (Å²) in [5, 5.41) is 1.37. The van der Waals surface area contributed by atoms with Crippen LogP contribution >= 0.6 is 11.6 Å². The molecule has 0 fully saturated rings. The minimum absolute atomic E-state index is 0.203. The van der Waals surface area contributed by atoms with Crippen LogP contribution in [0.4, 0.5) is 4.39 Å². The number of rotatable bonds is 1. The number of hydrogen-bond acceptors (Lipinski definition) is 1. The molecule has 0 N–H and O–H groups in total. The average molecular weight is 311 g/mol. The van der Waals surface area contributed by atoms with E-state index in [0.717, 1.165) is 27.7 Å². The van der Waals surface area contributed by atoms with E-state index in [1.165, 1.54) is 6.07 Å². The smallest absolute Gasteiger partial charge is 0.130 e. The zero-order valence-corrected chi connectivity index (χ0v) is 12.5. The van der Waals surface area contributed by atoms with E-state index >= 15 is 0 Å². The Morgan fingerprint density at radius 2 is 1.95 bits per heavy atom. The highest BCUT2D eigenvalue weighted by atomic mass is 35.5. The van der Waals surface area contributed by atoms with Gasteiger partial charge in [-0.1, -0.05) is 36.9 Å². The highest BCUT2D eigenvalue weighted by Crippen LogP contribution is 2.44. The first-order valence-corrected chi connectivity index (χ1v) is 7.27. The number of aromatic nitrogens is 2. The molecule has 0 saturated carbocycles. The van der Waals surface area contributed by atoms with Gasteiger partial charge in [0, 0.05) is 22.6 Å². The zero-order valence-electron chi connectivity index (χ0n) is 11.7. The number of halogens is 2. The van der Waals surface area contributed by atoms with E-state index in [1.54, 1.807) is 12.3 Å². The van der Waals surface area contributed by atoms with Crippen LogP contribution in [0.1, 0.15) is 11.1 Å². The minimum atomic E-state index is -0.203.